The molecular formula is C56H59F3N4O22S. The summed E-state index contributed by atoms with van der Waals surface area (Å²) in [6, 6.07) is 8.22. The Bertz CT molecular complexity index is 3450. The van der Waals surface area contributed by atoms with Crippen molar-refractivity contribution in [2.24, 2.45) is 16.2 Å². The first-order chi connectivity index (χ1) is 40.1. The molecule has 4 aliphatic carbocycles. The molecule has 2 saturated heterocycles. The van der Waals surface area contributed by atoms with Gasteiger partial charge in [0.05, 0.1) is 84.2 Å². The van der Waals surface area contributed by atoms with Crippen LogP contribution in [0.25, 0.3) is 10.4 Å². The molecule has 0 radical (unpaired) electrons. The maximum atomic E-state index is 13.6. The summed E-state index contributed by atoms with van der Waals surface area (Å²) in [6.07, 6.45) is -8.25. The second kappa shape index (κ2) is 23.6. The summed E-state index contributed by atoms with van der Waals surface area (Å²) in [4.78, 5) is 80.7. The standard InChI is InChI=1S/C28H30O10.C27H29NO10.CF3N3O2S/c1-11-8-18(37-12(2)23(11)30)38-17-10-28(35,13(3)29)9-15-20(17)27(34)22-21(25(15)32)24(31)14-6-5-7-16(36-4)19(14)26(22)33;1-10-22(30)14(28)7-17(37-10)38-16-9-27(35,11(2)29)8-13-19(16)26(34)21-20(24(13)32)23(31)12-5-4-6-15(36-3)18(12)25(21)33;2-1(3,4)10(8,9)7-6-5/h5-7,11-12,17-18,23,30,32,34-35H,8-10H2,1-4H3;4-6,10,14,16-17,22,30,32,34-35H,7-9,28H2,1-3H3;/t11?,12?,17-,18?,23?,28-;10?,14?,16-,17?,22?,27-;/m00./s1. The van der Waals surface area contributed by atoms with Gasteiger partial charge in [0, 0.05) is 87.4 Å². The second-order valence-electron chi connectivity index (χ2n) is 21.7. The highest BCUT2D eigenvalue weighted by atomic mass is 32.2. The molecule has 4 aromatic carbocycles. The number of fused-ring (bicyclic) bond motifs is 6. The third-order valence-corrected chi connectivity index (χ3v) is 17.1. The van der Waals surface area contributed by atoms with E-state index < -0.39 is 175 Å². The fourth-order valence-corrected chi connectivity index (χ4v) is 11.8. The van der Waals surface area contributed by atoms with Crippen LogP contribution in [0.2, 0.25) is 0 Å². The monoisotopic (exact) mass is 1230 g/mol. The predicted octanol–water partition coefficient (Wildman–Crippen LogP) is 4.51. The van der Waals surface area contributed by atoms with Crippen molar-refractivity contribution in [2.75, 3.05) is 14.2 Å². The number of halogens is 3. The number of aliphatic hydroxyl groups excluding tert-OH is 2. The van der Waals surface area contributed by atoms with Gasteiger partial charge in [-0.05, 0) is 51.3 Å². The number of hydrogen-bond donors (Lipinski definition) is 9. The van der Waals surface area contributed by atoms with Crippen LogP contribution in [0.15, 0.2) is 40.9 Å². The Kier molecular flexibility index (Phi) is 17.7. The second-order valence-corrected chi connectivity index (χ2v) is 23.3. The van der Waals surface area contributed by atoms with Crippen LogP contribution in [0, 0.1) is 5.92 Å². The highest BCUT2D eigenvalue weighted by Crippen LogP contribution is 2.55. The van der Waals surface area contributed by atoms with Gasteiger partial charge in [-0.2, -0.15) is 13.2 Å². The number of nitrogens with two attached hydrogens (primary N) is 1. The molecule has 10 rings (SSSR count). The summed E-state index contributed by atoms with van der Waals surface area (Å²) < 4.78 is 88.8. The van der Waals surface area contributed by atoms with Crippen molar-refractivity contribution in [3.63, 3.8) is 0 Å². The van der Waals surface area contributed by atoms with Crippen molar-refractivity contribution in [3.8, 4) is 34.5 Å². The molecule has 0 amide bonds. The van der Waals surface area contributed by atoms with Crippen LogP contribution in [-0.2, 0) is 51.4 Å². The van der Waals surface area contributed by atoms with Crippen LogP contribution >= 0.6 is 0 Å². The first-order valence-corrected chi connectivity index (χ1v) is 27.9. The summed E-state index contributed by atoms with van der Waals surface area (Å²) in [5.41, 5.74) is 1.95. The Balaban J connectivity index is 0.000000193. The number of alkyl halides is 3. The molecule has 26 nitrogen and oxygen atoms in total. The summed E-state index contributed by atoms with van der Waals surface area (Å²) in [6.45, 7) is 7.50. The van der Waals surface area contributed by atoms with Crippen LogP contribution in [0.1, 0.15) is 158 Å². The van der Waals surface area contributed by atoms with E-state index >= 15 is 0 Å². The summed E-state index contributed by atoms with van der Waals surface area (Å²) in [5.74, 6) is -6.41. The number of benzene rings is 4. The largest absolute Gasteiger partial charge is 0.507 e. The molecule has 6 aliphatic rings. The number of Topliss-reactive ketones (excluding diaryl/α,β-unsaturated/α-hetero) is 2. The molecule has 0 saturated carbocycles. The molecule has 10 N–H and O–H groups in total. The van der Waals surface area contributed by atoms with Crippen LogP contribution in [-0.4, -0.2) is 158 Å². The van der Waals surface area contributed by atoms with E-state index in [2.05, 4.69) is 0 Å². The molecule has 4 aromatic rings. The molecule has 2 aliphatic heterocycles. The normalized spacial score (nSPS) is 28.2. The molecule has 0 spiro atoms. The summed E-state index contributed by atoms with van der Waals surface area (Å²) in [5, 5.41) is 88.4. The Labute approximate surface area is 486 Å². The van der Waals surface area contributed by atoms with Gasteiger partial charge in [0.25, 0.3) is 0 Å². The number of nitrogens with zero attached hydrogens (tertiary/aromatic N) is 3. The summed E-state index contributed by atoms with van der Waals surface area (Å²) in [7, 11) is -2.95. The number of azide groups is 1. The van der Waals surface area contributed by atoms with Gasteiger partial charge in [-0.25, -0.2) is 8.42 Å². The fraction of sp³-hybridized carbons (Fsp3) is 0.464. The van der Waals surface area contributed by atoms with Crippen molar-refractivity contribution < 1.29 is 120 Å². The Morgan fingerprint density at radius 2 is 1.05 bits per heavy atom. The van der Waals surface area contributed by atoms with Crippen molar-refractivity contribution in [1.82, 2.24) is 0 Å². The number of aliphatic hydroxyl groups is 4. The minimum atomic E-state index is -5.64. The maximum Gasteiger partial charge on any atom is 0.504 e. The van der Waals surface area contributed by atoms with E-state index in [4.69, 9.17) is 39.7 Å². The van der Waals surface area contributed by atoms with E-state index in [0.29, 0.717) is 0 Å². The number of phenols is 4. The molecule has 2 fully saturated rings. The molecule has 12 atom stereocenters. The van der Waals surface area contributed by atoms with E-state index in [9.17, 15) is 91.2 Å². The predicted molar refractivity (Wildman–Crippen MR) is 286 cm³/mol. The number of ketones is 6. The van der Waals surface area contributed by atoms with E-state index in [0.717, 1.165) is 0 Å². The van der Waals surface area contributed by atoms with Crippen LogP contribution < -0.4 is 15.2 Å². The van der Waals surface area contributed by atoms with Gasteiger partial charge in [-0.1, -0.05) is 31.2 Å². The van der Waals surface area contributed by atoms with E-state index in [1.165, 1.54) is 69.4 Å². The van der Waals surface area contributed by atoms with Gasteiger partial charge in [0.2, 0.25) is 11.6 Å². The quantitative estimate of drug-likeness (QED) is 0.0416. The lowest BCUT2D eigenvalue weighted by atomic mass is 9.72. The van der Waals surface area contributed by atoms with E-state index in [1.807, 2.05) is 6.92 Å². The third kappa shape index (κ3) is 11.1. The topological polar surface area (TPSA) is 429 Å². The maximum absolute atomic E-state index is 13.6. The lowest BCUT2D eigenvalue weighted by Gasteiger charge is -2.42. The number of carbonyl (C=O) groups is 6. The van der Waals surface area contributed by atoms with Crippen LogP contribution in [0.3, 0.4) is 0 Å². The van der Waals surface area contributed by atoms with E-state index in [1.54, 1.807) is 18.4 Å². The zero-order valence-corrected chi connectivity index (χ0v) is 47.6. The number of ether oxygens (including phenoxy) is 6. The Morgan fingerprint density at radius 3 is 1.38 bits per heavy atom. The average Bonchev–Trinajstić information content (AvgIpc) is 0.724. The van der Waals surface area contributed by atoms with E-state index in [-0.39, 0.29) is 87.6 Å². The molecule has 2 heterocycles. The van der Waals surface area contributed by atoms with Gasteiger partial charge in [0.1, 0.15) is 45.7 Å². The molecule has 462 valence electrons. The number of methoxy groups -OCH3 is 2. The molecule has 30 heteroatoms. The van der Waals surface area contributed by atoms with Crippen LogP contribution in [0.4, 0.5) is 13.2 Å². The SMILES string of the molecule is COc1cccc2c1C(=O)c1c(O)c3c(c(O)c1C2=O)C[C@@](O)(C(C)=O)C[C@@H]3OC1CC(C)C(O)C(C)O1.COc1cccc2c1C(=O)c1c(O)c3c(c(O)c1C2=O)C[C@@](O)(C(C)=O)C[C@@H]3OC1CC(N)C(O)C(C)O1.[N-]=[N+]=NS(=O)(=O)C(F)(F)F. The zero-order chi connectivity index (χ0) is 63.8. The Hall–Kier alpha value is -7.61. The molecule has 8 unspecified atom stereocenters. The number of hydrogen-bond acceptors (Lipinski definition) is 23. The number of sulfonamides is 1. The minimum Gasteiger partial charge on any atom is -0.507 e. The van der Waals surface area contributed by atoms with Gasteiger partial charge < -0.3 is 75.0 Å². The average molecular weight is 1230 g/mol. The van der Waals surface area contributed by atoms with Gasteiger partial charge in [0.15, 0.2) is 35.7 Å². The van der Waals surface area contributed by atoms with Gasteiger partial charge in [-0.3, -0.25) is 28.8 Å². The number of rotatable bonds is 9. The highest BCUT2D eigenvalue weighted by molar-refractivity contribution is 7.90. The lowest BCUT2D eigenvalue weighted by Crippen LogP contribution is -2.52. The number of phenolic OH excluding ortho intramolecular Hbond substituents is 4. The lowest BCUT2D eigenvalue weighted by molar-refractivity contribution is -0.255. The van der Waals surface area contributed by atoms with Crippen LogP contribution in [0.5, 0.6) is 34.5 Å². The van der Waals surface area contributed by atoms with Crippen molar-refractivity contribution >= 4 is 44.7 Å². The Morgan fingerprint density at radius 1 is 0.663 bits per heavy atom. The first-order valence-electron chi connectivity index (χ1n) is 26.4. The van der Waals surface area contributed by atoms with Crippen molar-refractivity contribution in [2.45, 2.75) is 145 Å². The van der Waals surface area contributed by atoms with Crippen molar-refractivity contribution in [1.29, 1.82) is 0 Å². The van der Waals surface area contributed by atoms with Gasteiger partial charge >= 0.3 is 15.5 Å². The number of carbonyl (C=O) groups excluding carboxylic acids is 6. The smallest absolute Gasteiger partial charge is 0.504 e. The fourth-order valence-electron chi connectivity index (χ4n) is 11.6. The number of aromatic hydroxyl groups is 4. The minimum absolute atomic E-state index is 0.000854. The summed E-state index contributed by atoms with van der Waals surface area (Å²) >= 11 is 0. The van der Waals surface area contributed by atoms with Gasteiger partial charge in [-0.15, -0.1) is 0 Å². The highest BCUT2D eigenvalue weighted by Gasteiger charge is 2.52. The molecule has 86 heavy (non-hydrogen) atoms. The molecular weight excluding hydrogens is 1170 g/mol. The first kappa shape index (κ1) is 64.4. The molecule has 0 aromatic heterocycles. The zero-order valence-electron chi connectivity index (χ0n) is 46.7. The van der Waals surface area contributed by atoms with Crippen molar-refractivity contribution in [3.05, 3.63) is 114 Å². The third-order valence-electron chi connectivity index (χ3n) is 16.3. The molecule has 0 bridgehead atoms.